The summed E-state index contributed by atoms with van der Waals surface area (Å²) in [7, 11) is 1.65. The molecule has 2 aromatic rings. The molecule has 0 atom stereocenters. The molecule has 1 aromatic carbocycles. The second-order valence-electron chi connectivity index (χ2n) is 7.02. The fourth-order valence-corrected chi connectivity index (χ4v) is 3.65. The largest absolute Gasteiger partial charge is 0.497 e. The van der Waals surface area contributed by atoms with E-state index in [2.05, 4.69) is 22.7 Å². The van der Waals surface area contributed by atoms with Gasteiger partial charge in [-0.2, -0.15) is 0 Å². The van der Waals surface area contributed by atoms with E-state index < -0.39 is 0 Å². The maximum Gasteiger partial charge on any atom is 0.226 e. The average molecular weight is 355 g/mol. The van der Waals surface area contributed by atoms with Crippen LogP contribution in [0.1, 0.15) is 49.9 Å². The minimum Gasteiger partial charge on any atom is -0.497 e. The summed E-state index contributed by atoms with van der Waals surface area (Å²) in [5.74, 6) is 2.65. The van der Waals surface area contributed by atoms with Gasteiger partial charge in [-0.3, -0.25) is 4.79 Å². The molecule has 0 aliphatic carbocycles. The quantitative estimate of drug-likeness (QED) is 0.762. The third-order valence-electron chi connectivity index (χ3n) is 5.20. The van der Waals surface area contributed by atoms with Crippen molar-refractivity contribution in [3.8, 4) is 5.75 Å². The number of benzene rings is 1. The van der Waals surface area contributed by atoms with Gasteiger partial charge < -0.3 is 14.2 Å². The van der Waals surface area contributed by atoms with E-state index in [1.54, 1.807) is 7.11 Å². The number of rotatable bonds is 7. The minimum atomic E-state index is 0.200. The molecule has 1 saturated heterocycles. The summed E-state index contributed by atoms with van der Waals surface area (Å²) >= 11 is 0. The average Bonchev–Trinajstić information content (AvgIpc) is 3.15. The van der Waals surface area contributed by atoms with Crippen molar-refractivity contribution in [1.82, 2.24) is 14.5 Å². The summed E-state index contributed by atoms with van der Waals surface area (Å²) in [6.45, 7) is 4.88. The zero-order chi connectivity index (χ0) is 18.4. The number of piperidine rings is 1. The normalized spacial score (nSPS) is 15.2. The van der Waals surface area contributed by atoms with Crippen molar-refractivity contribution < 1.29 is 9.53 Å². The van der Waals surface area contributed by atoms with Gasteiger partial charge in [-0.05, 0) is 37.0 Å². The predicted octanol–water partition coefficient (Wildman–Crippen LogP) is 3.64. The van der Waals surface area contributed by atoms with Crippen LogP contribution in [0.3, 0.4) is 0 Å². The maximum absolute atomic E-state index is 12.6. The number of unbranched alkanes of at least 4 members (excludes halogenated alkanes) is 1. The molecule has 140 valence electrons. The number of hydrogen-bond donors (Lipinski definition) is 0. The number of methoxy groups -OCH3 is 1. The highest BCUT2D eigenvalue weighted by Crippen LogP contribution is 2.27. The molecule has 1 aliphatic rings. The summed E-state index contributed by atoms with van der Waals surface area (Å²) in [6, 6.07) is 7.76. The number of aryl methyl sites for hydroxylation is 1. The molecule has 5 heteroatoms. The van der Waals surface area contributed by atoms with E-state index in [1.165, 1.54) is 18.7 Å². The summed E-state index contributed by atoms with van der Waals surface area (Å²) in [4.78, 5) is 19.2. The summed E-state index contributed by atoms with van der Waals surface area (Å²) in [5.41, 5.74) is 1.01. The lowest BCUT2D eigenvalue weighted by Gasteiger charge is -2.32. The molecule has 0 bridgehead atoms. The molecule has 5 nitrogen and oxygen atoms in total. The molecule has 0 saturated carbocycles. The maximum atomic E-state index is 12.6. The van der Waals surface area contributed by atoms with Crippen molar-refractivity contribution >= 4 is 5.91 Å². The van der Waals surface area contributed by atoms with Crippen molar-refractivity contribution in [3.63, 3.8) is 0 Å². The van der Waals surface area contributed by atoms with Crippen LogP contribution in [-0.4, -0.2) is 40.6 Å². The third-order valence-corrected chi connectivity index (χ3v) is 5.20. The lowest BCUT2D eigenvalue weighted by Crippen LogP contribution is -2.39. The molecule has 0 spiro atoms. The van der Waals surface area contributed by atoms with Gasteiger partial charge in [-0.15, -0.1) is 0 Å². The first-order valence-electron chi connectivity index (χ1n) is 9.63. The van der Waals surface area contributed by atoms with Gasteiger partial charge >= 0.3 is 0 Å². The number of nitrogens with zero attached hydrogens (tertiary/aromatic N) is 3. The Morgan fingerprint density at radius 1 is 1.31 bits per heavy atom. The van der Waals surface area contributed by atoms with Gasteiger partial charge in [0.05, 0.1) is 13.5 Å². The second kappa shape index (κ2) is 8.88. The molecular formula is C21H29N3O2. The SMILES string of the molecule is CCCCn1ccnc1C1CCN(C(=O)Cc2cccc(OC)c2)CC1. The second-order valence-corrected chi connectivity index (χ2v) is 7.02. The Morgan fingerprint density at radius 3 is 2.85 bits per heavy atom. The minimum absolute atomic E-state index is 0.200. The van der Waals surface area contributed by atoms with Gasteiger partial charge in [0.25, 0.3) is 0 Å². The summed E-state index contributed by atoms with van der Waals surface area (Å²) in [5, 5.41) is 0. The van der Waals surface area contributed by atoms with Crippen LogP contribution in [-0.2, 0) is 17.8 Å². The summed E-state index contributed by atoms with van der Waals surface area (Å²) in [6.07, 6.45) is 8.79. The van der Waals surface area contributed by atoms with Gasteiger partial charge in [-0.1, -0.05) is 25.5 Å². The fraction of sp³-hybridized carbons (Fsp3) is 0.524. The first-order chi connectivity index (χ1) is 12.7. The number of aromatic nitrogens is 2. The van der Waals surface area contributed by atoms with E-state index in [4.69, 9.17) is 4.74 Å². The Balaban J connectivity index is 1.54. The molecule has 26 heavy (non-hydrogen) atoms. The lowest BCUT2D eigenvalue weighted by atomic mass is 9.95. The number of imidazole rings is 1. The van der Waals surface area contributed by atoms with E-state index in [0.717, 1.165) is 43.8 Å². The van der Waals surface area contributed by atoms with Gasteiger partial charge in [-0.25, -0.2) is 4.98 Å². The van der Waals surface area contributed by atoms with Gasteiger partial charge in [0.15, 0.2) is 0 Å². The van der Waals surface area contributed by atoms with Crippen LogP contribution in [0.4, 0.5) is 0 Å². The zero-order valence-electron chi connectivity index (χ0n) is 15.9. The van der Waals surface area contributed by atoms with Gasteiger partial charge in [0, 0.05) is 37.9 Å². The zero-order valence-corrected chi connectivity index (χ0v) is 15.9. The van der Waals surface area contributed by atoms with E-state index in [1.807, 2.05) is 35.4 Å². The smallest absolute Gasteiger partial charge is 0.226 e. The molecule has 0 unspecified atom stereocenters. The first-order valence-corrected chi connectivity index (χ1v) is 9.63. The Hall–Kier alpha value is -2.30. The molecule has 1 amide bonds. The predicted molar refractivity (Wildman–Crippen MR) is 102 cm³/mol. The monoisotopic (exact) mass is 355 g/mol. The number of hydrogen-bond acceptors (Lipinski definition) is 3. The first kappa shape index (κ1) is 18.5. The van der Waals surface area contributed by atoms with E-state index in [9.17, 15) is 4.79 Å². The molecular weight excluding hydrogens is 326 g/mol. The summed E-state index contributed by atoms with van der Waals surface area (Å²) < 4.78 is 7.54. The number of amides is 1. The van der Waals surface area contributed by atoms with Crippen LogP contribution in [0.5, 0.6) is 5.75 Å². The highest BCUT2D eigenvalue weighted by atomic mass is 16.5. The van der Waals surface area contributed by atoms with Crippen LogP contribution in [0.2, 0.25) is 0 Å². The molecule has 2 heterocycles. The number of carbonyl (C=O) groups excluding carboxylic acids is 1. The molecule has 3 rings (SSSR count). The van der Waals surface area contributed by atoms with Crippen molar-refractivity contribution in [3.05, 3.63) is 48.0 Å². The van der Waals surface area contributed by atoms with Crippen molar-refractivity contribution in [1.29, 1.82) is 0 Å². The van der Waals surface area contributed by atoms with E-state index in [-0.39, 0.29) is 5.91 Å². The number of likely N-dealkylation sites (tertiary alicyclic amines) is 1. The van der Waals surface area contributed by atoms with Gasteiger partial charge in [0.2, 0.25) is 5.91 Å². The number of carbonyl (C=O) groups is 1. The van der Waals surface area contributed by atoms with Crippen LogP contribution < -0.4 is 4.74 Å². The van der Waals surface area contributed by atoms with E-state index in [0.29, 0.717) is 12.3 Å². The van der Waals surface area contributed by atoms with Crippen LogP contribution in [0.15, 0.2) is 36.7 Å². The van der Waals surface area contributed by atoms with Gasteiger partial charge in [0.1, 0.15) is 11.6 Å². The Kier molecular flexibility index (Phi) is 6.31. The topological polar surface area (TPSA) is 47.4 Å². The van der Waals surface area contributed by atoms with Crippen LogP contribution >= 0.6 is 0 Å². The van der Waals surface area contributed by atoms with E-state index >= 15 is 0 Å². The molecule has 1 aromatic heterocycles. The Labute approximate surface area is 156 Å². The third kappa shape index (κ3) is 4.45. The van der Waals surface area contributed by atoms with Crippen molar-refractivity contribution in [2.45, 2.75) is 51.5 Å². The Bertz CT molecular complexity index is 718. The Morgan fingerprint density at radius 2 is 2.12 bits per heavy atom. The molecule has 1 fully saturated rings. The number of ether oxygens (including phenoxy) is 1. The molecule has 0 radical (unpaired) electrons. The van der Waals surface area contributed by atoms with Crippen molar-refractivity contribution in [2.24, 2.45) is 0 Å². The highest BCUT2D eigenvalue weighted by molar-refractivity contribution is 5.79. The standard InChI is InChI=1S/C21H29N3O2/c1-3-4-11-24-14-10-22-21(24)18-8-12-23(13-9-18)20(25)16-17-6-5-7-19(15-17)26-2/h5-7,10,14-15,18H,3-4,8-9,11-13,16H2,1-2H3. The van der Waals surface area contributed by atoms with Crippen LogP contribution in [0, 0.1) is 0 Å². The lowest BCUT2D eigenvalue weighted by molar-refractivity contribution is -0.131. The van der Waals surface area contributed by atoms with Crippen LogP contribution in [0.25, 0.3) is 0 Å². The highest BCUT2D eigenvalue weighted by Gasteiger charge is 2.26. The molecule has 0 N–H and O–H groups in total. The fourth-order valence-electron chi connectivity index (χ4n) is 3.65. The van der Waals surface area contributed by atoms with Crippen molar-refractivity contribution in [2.75, 3.05) is 20.2 Å². The molecule has 1 aliphatic heterocycles.